The number of ether oxygens (including phenoxy) is 1. The third kappa shape index (κ3) is 2.29. The van der Waals surface area contributed by atoms with Crippen LogP contribution in [0.25, 0.3) is 10.6 Å². The number of anilines is 1. The number of thiophene rings is 1. The predicted octanol–water partition coefficient (Wildman–Crippen LogP) is 2.49. The van der Waals surface area contributed by atoms with Gasteiger partial charge in [-0.2, -0.15) is 0 Å². The van der Waals surface area contributed by atoms with Gasteiger partial charge in [-0.25, -0.2) is 9.78 Å². The SMILES string of the molecule is COC(=O)c1csc(-c2nc(N)ccc2C)c1. The second-order valence-electron chi connectivity index (χ2n) is 3.59. The highest BCUT2D eigenvalue weighted by Crippen LogP contribution is 2.29. The number of carbonyl (C=O) groups is 1. The first-order valence-electron chi connectivity index (χ1n) is 5.02. The van der Waals surface area contributed by atoms with Gasteiger partial charge >= 0.3 is 5.97 Å². The van der Waals surface area contributed by atoms with Gasteiger partial charge in [0.1, 0.15) is 5.82 Å². The normalized spacial score (nSPS) is 10.2. The summed E-state index contributed by atoms with van der Waals surface area (Å²) in [4.78, 5) is 16.5. The fourth-order valence-electron chi connectivity index (χ4n) is 1.48. The first-order chi connectivity index (χ1) is 8.11. The van der Waals surface area contributed by atoms with Crippen molar-refractivity contribution in [2.75, 3.05) is 12.8 Å². The molecule has 0 bridgehead atoms. The molecular formula is C12H12N2O2S. The van der Waals surface area contributed by atoms with Gasteiger partial charge < -0.3 is 10.5 Å². The third-order valence-electron chi connectivity index (χ3n) is 2.37. The van der Waals surface area contributed by atoms with Crippen LogP contribution in [0.15, 0.2) is 23.6 Å². The molecule has 0 saturated carbocycles. The molecule has 0 aliphatic carbocycles. The van der Waals surface area contributed by atoms with E-state index in [2.05, 4.69) is 9.72 Å². The molecule has 4 nitrogen and oxygen atoms in total. The van der Waals surface area contributed by atoms with E-state index in [0.717, 1.165) is 16.1 Å². The van der Waals surface area contributed by atoms with E-state index in [0.29, 0.717) is 11.4 Å². The van der Waals surface area contributed by atoms with Crippen molar-refractivity contribution < 1.29 is 9.53 Å². The van der Waals surface area contributed by atoms with Gasteiger partial charge in [0.25, 0.3) is 0 Å². The van der Waals surface area contributed by atoms with Crippen molar-refractivity contribution in [3.8, 4) is 10.6 Å². The van der Waals surface area contributed by atoms with Gasteiger partial charge in [-0.05, 0) is 24.6 Å². The maximum Gasteiger partial charge on any atom is 0.338 e. The number of hydrogen-bond donors (Lipinski definition) is 1. The summed E-state index contributed by atoms with van der Waals surface area (Å²) in [6.07, 6.45) is 0. The van der Waals surface area contributed by atoms with Crippen molar-refractivity contribution in [2.45, 2.75) is 6.92 Å². The zero-order valence-electron chi connectivity index (χ0n) is 9.56. The lowest BCUT2D eigenvalue weighted by molar-refractivity contribution is 0.0601. The molecule has 0 amide bonds. The first-order valence-corrected chi connectivity index (χ1v) is 5.90. The molecule has 0 unspecified atom stereocenters. The quantitative estimate of drug-likeness (QED) is 0.829. The van der Waals surface area contributed by atoms with Crippen molar-refractivity contribution in [3.63, 3.8) is 0 Å². The van der Waals surface area contributed by atoms with Crippen molar-refractivity contribution in [1.29, 1.82) is 0 Å². The van der Waals surface area contributed by atoms with E-state index in [1.807, 2.05) is 13.0 Å². The predicted molar refractivity (Wildman–Crippen MR) is 68.0 cm³/mol. The van der Waals surface area contributed by atoms with E-state index < -0.39 is 0 Å². The van der Waals surface area contributed by atoms with Crippen LogP contribution in [0.3, 0.4) is 0 Å². The highest BCUT2D eigenvalue weighted by Gasteiger charge is 2.12. The average Bonchev–Trinajstić information content (AvgIpc) is 2.80. The number of methoxy groups -OCH3 is 1. The molecule has 2 aromatic rings. The van der Waals surface area contributed by atoms with Crippen molar-refractivity contribution in [1.82, 2.24) is 4.98 Å². The standard InChI is InChI=1S/C12H12N2O2S/c1-7-3-4-10(13)14-11(7)9-5-8(6-17-9)12(15)16-2/h3-6H,1-2H3,(H2,13,14). The Balaban J connectivity index is 2.43. The Kier molecular flexibility index (Phi) is 3.10. The second-order valence-corrected chi connectivity index (χ2v) is 4.50. The lowest BCUT2D eigenvalue weighted by Crippen LogP contribution is -1.98. The summed E-state index contributed by atoms with van der Waals surface area (Å²) in [6.45, 7) is 1.96. The Morgan fingerprint density at radius 3 is 2.94 bits per heavy atom. The lowest BCUT2D eigenvalue weighted by atomic mass is 10.1. The number of carbonyl (C=O) groups excluding carboxylic acids is 1. The molecule has 0 saturated heterocycles. The minimum Gasteiger partial charge on any atom is -0.465 e. The molecule has 17 heavy (non-hydrogen) atoms. The van der Waals surface area contributed by atoms with Gasteiger partial charge in [-0.1, -0.05) is 6.07 Å². The van der Waals surface area contributed by atoms with Gasteiger partial charge in [0, 0.05) is 5.38 Å². The Labute approximate surface area is 103 Å². The lowest BCUT2D eigenvalue weighted by Gasteiger charge is -2.02. The van der Waals surface area contributed by atoms with Gasteiger partial charge in [0.2, 0.25) is 0 Å². The van der Waals surface area contributed by atoms with E-state index in [-0.39, 0.29) is 5.97 Å². The number of esters is 1. The van der Waals surface area contributed by atoms with Crippen LogP contribution in [-0.4, -0.2) is 18.1 Å². The zero-order valence-corrected chi connectivity index (χ0v) is 10.4. The molecule has 0 aromatic carbocycles. The van der Waals surface area contributed by atoms with Gasteiger partial charge in [0.05, 0.1) is 23.2 Å². The van der Waals surface area contributed by atoms with Crippen molar-refractivity contribution in [3.05, 3.63) is 34.7 Å². The molecule has 2 aromatic heterocycles. The number of nitrogen functional groups attached to an aromatic ring is 1. The molecular weight excluding hydrogens is 236 g/mol. The van der Waals surface area contributed by atoms with Crippen LogP contribution in [0.2, 0.25) is 0 Å². The Bertz CT molecular complexity index is 563. The number of aryl methyl sites for hydroxylation is 1. The summed E-state index contributed by atoms with van der Waals surface area (Å²) in [5.74, 6) is 0.132. The highest BCUT2D eigenvalue weighted by atomic mass is 32.1. The largest absolute Gasteiger partial charge is 0.465 e. The molecule has 0 atom stereocenters. The molecule has 0 aliphatic rings. The molecule has 2 rings (SSSR count). The van der Waals surface area contributed by atoms with Crippen LogP contribution in [0, 0.1) is 6.92 Å². The molecule has 88 valence electrons. The summed E-state index contributed by atoms with van der Waals surface area (Å²) in [6, 6.07) is 5.44. The molecule has 2 N–H and O–H groups in total. The van der Waals surface area contributed by atoms with Crippen molar-refractivity contribution >= 4 is 23.1 Å². The van der Waals surface area contributed by atoms with E-state index in [4.69, 9.17) is 5.73 Å². The zero-order chi connectivity index (χ0) is 12.4. The fraction of sp³-hybridized carbons (Fsp3) is 0.167. The minimum absolute atomic E-state index is 0.339. The van der Waals surface area contributed by atoms with Crippen LogP contribution < -0.4 is 5.73 Å². The van der Waals surface area contributed by atoms with Gasteiger partial charge in [0.15, 0.2) is 0 Å². The van der Waals surface area contributed by atoms with Crippen molar-refractivity contribution in [2.24, 2.45) is 0 Å². The van der Waals surface area contributed by atoms with Crippen LogP contribution in [-0.2, 0) is 4.74 Å². The van der Waals surface area contributed by atoms with Crippen LogP contribution >= 0.6 is 11.3 Å². The minimum atomic E-state index is -0.339. The van der Waals surface area contributed by atoms with Crippen LogP contribution in [0.4, 0.5) is 5.82 Å². The van der Waals surface area contributed by atoms with E-state index in [1.165, 1.54) is 18.4 Å². The number of rotatable bonds is 2. The van der Waals surface area contributed by atoms with Crippen LogP contribution in [0.5, 0.6) is 0 Å². The molecule has 5 heteroatoms. The smallest absolute Gasteiger partial charge is 0.338 e. The van der Waals surface area contributed by atoms with Crippen LogP contribution in [0.1, 0.15) is 15.9 Å². The second kappa shape index (κ2) is 4.55. The van der Waals surface area contributed by atoms with E-state index >= 15 is 0 Å². The highest BCUT2D eigenvalue weighted by molar-refractivity contribution is 7.13. The molecule has 0 aliphatic heterocycles. The van der Waals surface area contributed by atoms with E-state index in [1.54, 1.807) is 17.5 Å². The first kappa shape index (κ1) is 11.6. The number of nitrogens with two attached hydrogens (primary N) is 1. The molecule has 2 heterocycles. The number of pyridine rings is 1. The average molecular weight is 248 g/mol. The van der Waals surface area contributed by atoms with E-state index in [9.17, 15) is 4.79 Å². The monoisotopic (exact) mass is 248 g/mol. The van der Waals surface area contributed by atoms with Gasteiger partial charge in [-0.15, -0.1) is 11.3 Å². The summed E-state index contributed by atoms with van der Waals surface area (Å²) in [5.41, 5.74) is 8.03. The fourth-order valence-corrected chi connectivity index (χ4v) is 2.41. The number of aromatic nitrogens is 1. The Hall–Kier alpha value is -1.88. The number of nitrogens with zero attached hydrogens (tertiary/aromatic N) is 1. The third-order valence-corrected chi connectivity index (χ3v) is 3.31. The molecule has 0 radical (unpaired) electrons. The Morgan fingerprint density at radius 1 is 1.47 bits per heavy atom. The topological polar surface area (TPSA) is 65.2 Å². The maximum atomic E-state index is 11.3. The maximum absolute atomic E-state index is 11.3. The summed E-state index contributed by atoms with van der Waals surface area (Å²) in [7, 11) is 1.36. The summed E-state index contributed by atoms with van der Waals surface area (Å²) in [5, 5.41) is 1.76. The molecule has 0 fully saturated rings. The Morgan fingerprint density at radius 2 is 2.24 bits per heavy atom. The summed E-state index contributed by atoms with van der Waals surface area (Å²) < 4.78 is 4.66. The number of hydrogen-bond acceptors (Lipinski definition) is 5. The summed E-state index contributed by atoms with van der Waals surface area (Å²) >= 11 is 1.45. The van der Waals surface area contributed by atoms with Gasteiger partial charge in [-0.3, -0.25) is 0 Å². The molecule has 0 spiro atoms.